The first-order valence-electron chi connectivity index (χ1n) is 9.36. The maximum atomic E-state index is 12.5. The lowest BCUT2D eigenvalue weighted by Crippen LogP contribution is -2.61. The molecule has 2 heterocycles. The van der Waals surface area contributed by atoms with Crippen LogP contribution in [0.25, 0.3) is 22.3 Å². The van der Waals surface area contributed by atoms with E-state index in [0.717, 1.165) is 12.1 Å². The van der Waals surface area contributed by atoms with Crippen LogP contribution < -0.4 is 10.2 Å². The summed E-state index contributed by atoms with van der Waals surface area (Å²) in [5.74, 6) is -3.76. The van der Waals surface area contributed by atoms with Crippen molar-refractivity contribution in [2.75, 3.05) is 0 Å². The van der Waals surface area contributed by atoms with Crippen LogP contribution >= 0.6 is 0 Å². The van der Waals surface area contributed by atoms with Crippen molar-refractivity contribution in [3.05, 3.63) is 52.7 Å². The van der Waals surface area contributed by atoms with Gasteiger partial charge in [0.05, 0.1) is 0 Å². The average Bonchev–Trinajstić information content (AvgIpc) is 2.77. The van der Waals surface area contributed by atoms with Crippen LogP contribution in [0.15, 0.2) is 51.7 Å². The van der Waals surface area contributed by atoms with E-state index in [4.69, 9.17) is 19.0 Å². The molecule has 0 amide bonds. The van der Waals surface area contributed by atoms with Gasteiger partial charge in [-0.25, -0.2) is 4.79 Å². The van der Waals surface area contributed by atoms with Crippen molar-refractivity contribution in [1.29, 1.82) is 0 Å². The third kappa shape index (κ3) is 3.63. The Labute approximate surface area is 178 Å². The molecule has 1 fully saturated rings. The van der Waals surface area contributed by atoms with E-state index in [0.29, 0.717) is 5.56 Å². The highest BCUT2D eigenvalue weighted by atomic mass is 16.7. The number of hydrogen-bond acceptors (Lipinski definition) is 10. The number of aliphatic hydroxyl groups excluding tert-OH is 3. The number of phenols is 2. The number of fused-ring (bicyclic) bond motifs is 1. The van der Waals surface area contributed by atoms with Crippen molar-refractivity contribution in [3.63, 3.8) is 0 Å². The first-order chi connectivity index (χ1) is 15.2. The number of ether oxygens (including phenoxy) is 2. The molecule has 6 N–H and O–H groups in total. The van der Waals surface area contributed by atoms with Crippen molar-refractivity contribution in [3.8, 4) is 28.6 Å². The Kier molecular flexibility index (Phi) is 5.48. The van der Waals surface area contributed by atoms with Crippen molar-refractivity contribution >= 4 is 16.9 Å². The van der Waals surface area contributed by atoms with Gasteiger partial charge >= 0.3 is 5.97 Å². The van der Waals surface area contributed by atoms with Crippen LogP contribution in [0.5, 0.6) is 17.2 Å². The summed E-state index contributed by atoms with van der Waals surface area (Å²) in [5.41, 5.74) is -0.265. The molecule has 0 bridgehead atoms. The number of aliphatic hydroxyl groups is 3. The predicted octanol–water partition coefficient (Wildman–Crippen LogP) is 0.142. The highest BCUT2D eigenvalue weighted by Crippen LogP contribution is 2.42. The molecule has 11 nitrogen and oxygen atoms in total. The second-order valence-corrected chi connectivity index (χ2v) is 7.14. The van der Waals surface area contributed by atoms with E-state index < -0.39 is 59.4 Å². The lowest BCUT2D eigenvalue weighted by Gasteiger charge is -2.38. The van der Waals surface area contributed by atoms with Crippen LogP contribution in [0, 0.1) is 0 Å². The first-order valence-corrected chi connectivity index (χ1v) is 9.36. The van der Waals surface area contributed by atoms with Crippen LogP contribution in [0.4, 0.5) is 0 Å². The van der Waals surface area contributed by atoms with Gasteiger partial charge in [0.2, 0.25) is 12.0 Å². The number of aromatic hydroxyl groups is 2. The van der Waals surface area contributed by atoms with E-state index in [2.05, 4.69) is 0 Å². The van der Waals surface area contributed by atoms with Gasteiger partial charge in [-0.15, -0.1) is 0 Å². The number of hydrogen-bond donors (Lipinski definition) is 6. The Morgan fingerprint density at radius 1 is 0.938 bits per heavy atom. The Bertz CT molecular complexity index is 1220. The van der Waals surface area contributed by atoms with Gasteiger partial charge in [-0.05, 0) is 0 Å². The molecule has 11 heteroatoms. The molecule has 0 saturated carbocycles. The highest BCUT2D eigenvalue weighted by molar-refractivity contribution is 5.89. The summed E-state index contributed by atoms with van der Waals surface area (Å²) in [5, 5.41) is 59.2. The quantitative estimate of drug-likeness (QED) is 0.299. The Hall–Kier alpha value is -3.64. The van der Waals surface area contributed by atoms with Gasteiger partial charge in [-0.3, -0.25) is 4.79 Å². The zero-order valence-electron chi connectivity index (χ0n) is 16.2. The third-order valence-electron chi connectivity index (χ3n) is 5.05. The number of carboxylic acids is 1. The summed E-state index contributed by atoms with van der Waals surface area (Å²) in [6.45, 7) is 0. The fourth-order valence-corrected chi connectivity index (χ4v) is 3.38. The number of aliphatic carboxylic acids is 1. The minimum Gasteiger partial charge on any atom is -0.504 e. The van der Waals surface area contributed by atoms with Crippen LogP contribution in [0.1, 0.15) is 0 Å². The predicted molar refractivity (Wildman–Crippen MR) is 106 cm³/mol. The van der Waals surface area contributed by atoms with Gasteiger partial charge in [0.25, 0.3) is 0 Å². The van der Waals surface area contributed by atoms with E-state index >= 15 is 0 Å². The molecule has 1 saturated heterocycles. The SMILES string of the molecule is O=C(O)[C@H]1O[C@H](Oc2cc3oc(-c4ccccc4)cc(=O)c3c(O)c2O)[C@H](O)[C@H](O)[C@H]1O. The van der Waals surface area contributed by atoms with E-state index in [-0.39, 0.29) is 16.7 Å². The summed E-state index contributed by atoms with van der Waals surface area (Å²) in [6, 6.07) is 10.8. The number of phenolic OH excluding ortho intramolecular Hbond substituents is 2. The number of rotatable bonds is 4. The molecule has 1 aliphatic rings. The summed E-state index contributed by atoms with van der Waals surface area (Å²) >= 11 is 0. The zero-order valence-corrected chi connectivity index (χ0v) is 16.2. The lowest BCUT2D eigenvalue weighted by molar-refractivity contribution is -0.271. The maximum Gasteiger partial charge on any atom is 0.335 e. The fourth-order valence-electron chi connectivity index (χ4n) is 3.38. The minimum atomic E-state index is -1.94. The zero-order chi connectivity index (χ0) is 23.2. The topological polar surface area (TPSA) is 187 Å². The molecule has 0 radical (unpaired) electrons. The van der Waals surface area contributed by atoms with Crippen LogP contribution in [0.3, 0.4) is 0 Å². The molecule has 3 aromatic rings. The van der Waals surface area contributed by atoms with Crippen molar-refractivity contribution in [2.24, 2.45) is 0 Å². The van der Waals surface area contributed by atoms with E-state index in [9.17, 15) is 35.1 Å². The van der Waals surface area contributed by atoms with Gasteiger partial charge in [0, 0.05) is 17.7 Å². The number of carboxylic acid groups (broad SMARTS) is 1. The van der Waals surface area contributed by atoms with Crippen LogP contribution in [-0.4, -0.2) is 67.3 Å². The smallest absolute Gasteiger partial charge is 0.335 e. The molecular formula is C21H18O11. The maximum absolute atomic E-state index is 12.5. The van der Waals surface area contributed by atoms with Gasteiger partial charge in [0.1, 0.15) is 35.0 Å². The summed E-state index contributed by atoms with van der Waals surface area (Å²) < 4.78 is 16.0. The van der Waals surface area contributed by atoms with Gasteiger partial charge in [-0.1, -0.05) is 30.3 Å². The molecule has 168 valence electrons. The Morgan fingerprint density at radius 3 is 2.28 bits per heavy atom. The summed E-state index contributed by atoms with van der Waals surface area (Å²) in [7, 11) is 0. The molecular weight excluding hydrogens is 428 g/mol. The summed E-state index contributed by atoms with van der Waals surface area (Å²) in [6.07, 6.45) is -9.56. The van der Waals surface area contributed by atoms with E-state index in [1.807, 2.05) is 0 Å². The highest BCUT2D eigenvalue weighted by Gasteiger charge is 2.48. The molecule has 4 rings (SSSR count). The molecule has 2 aromatic carbocycles. The molecule has 1 aliphatic heterocycles. The first kappa shape index (κ1) is 21.6. The average molecular weight is 446 g/mol. The van der Waals surface area contributed by atoms with Crippen molar-refractivity contribution in [1.82, 2.24) is 0 Å². The summed E-state index contributed by atoms with van der Waals surface area (Å²) in [4.78, 5) is 23.8. The van der Waals surface area contributed by atoms with Gasteiger partial charge < -0.3 is 44.5 Å². The van der Waals surface area contributed by atoms with E-state index in [1.165, 1.54) is 0 Å². The minimum absolute atomic E-state index is 0.164. The second kappa shape index (κ2) is 8.13. The second-order valence-electron chi connectivity index (χ2n) is 7.14. The Morgan fingerprint density at radius 2 is 1.62 bits per heavy atom. The fraction of sp³-hybridized carbons (Fsp3) is 0.238. The molecule has 0 unspecified atom stereocenters. The van der Waals surface area contributed by atoms with Crippen LogP contribution in [-0.2, 0) is 9.53 Å². The molecule has 0 aliphatic carbocycles. The van der Waals surface area contributed by atoms with Crippen molar-refractivity contribution < 1.29 is 49.3 Å². The van der Waals surface area contributed by atoms with Gasteiger partial charge in [0.15, 0.2) is 23.0 Å². The molecule has 5 atom stereocenters. The van der Waals surface area contributed by atoms with Gasteiger partial charge in [-0.2, -0.15) is 0 Å². The largest absolute Gasteiger partial charge is 0.504 e. The normalized spacial score (nSPS) is 25.5. The molecule has 32 heavy (non-hydrogen) atoms. The monoisotopic (exact) mass is 446 g/mol. The third-order valence-corrected chi connectivity index (χ3v) is 5.05. The lowest BCUT2D eigenvalue weighted by atomic mass is 9.99. The van der Waals surface area contributed by atoms with E-state index in [1.54, 1.807) is 30.3 Å². The molecule has 1 aromatic heterocycles. The van der Waals surface area contributed by atoms with Crippen molar-refractivity contribution in [2.45, 2.75) is 30.7 Å². The Balaban J connectivity index is 1.77. The van der Waals surface area contributed by atoms with Crippen LogP contribution in [0.2, 0.25) is 0 Å². The number of benzene rings is 2. The number of carbonyl (C=O) groups is 1. The standard InChI is InChI=1S/C21H18O11/c22-9-6-10(8-4-2-1-3-5-8)30-11-7-12(14(23)15(24)13(9)11)31-21-18(27)16(25)17(26)19(32-21)20(28)29/h1-7,16-19,21,23-27H,(H,28,29)/t16-,17-,18-,19+,21+/m1/s1. The molecule has 0 spiro atoms.